The van der Waals surface area contributed by atoms with Gasteiger partial charge in [0, 0.05) is 0 Å². The molecule has 4 heterocycles. The van der Waals surface area contributed by atoms with Crippen molar-refractivity contribution in [2.45, 2.75) is 67.0 Å². The van der Waals surface area contributed by atoms with Gasteiger partial charge in [-0.05, 0) is 29.9 Å². The molecule has 0 spiro atoms. The highest BCUT2D eigenvalue weighted by Gasteiger charge is 2.48. The van der Waals surface area contributed by atoms with E-state index >= 15 is 0 Å². The molecule has 0 saturated carbocycles. The molecule has 24 nitrogen and oxygen atoms in total. The molecular weight excluding hydrogens is 798 g/mol. The van der Waals surface area contributed by atoms with Gasteiger partial charge in [0.25, 0.3) is 21.2 Å². The molecule has 3 aromatic rings. The van der Waals surface area contributed by atoms with Gasteiger partial charge in [-0.2, -0.15) is 4.98 Å². The first-order chi connectivity index (χ1) is 24.7. The van der Waals surface area contributed by atoms with Gasteiger partial charge in [0.15, 0.2) is 23.7 Å². The summed E-state index contributed by atoms with van der Waals surface area (Å²) in [5, 5.41) is 53.5. The monoisotopic (exact) mass is 830 g/mol. The number of fused-ring (bicyclic) bond motifs is 1. The Balaban J connectivity index is 1.22. The second kappa shape index (κ2) is 16.1. The zero-order valence-corrected chi connectivity index (χ0v) is 30.3. The molecule has 0 bridgehead atoms. The number of aliphatic hydroxyl groups is 5. The van der Waals surface area contributed by atoms with E-state index in [1.54, 1.807) is 6.92 Å². The Morgan fingerprint density at radius 3 is 2.40 bits per heavy atom. The van der Waals surface area contributed by atoms with Crippen LogP contribution < -0.4 is 26.4 Å². The van der Waals surface area contributed by atoms with Crippen LogP contribution in [0, 0.1) is 6.92 Å². The maximum absolute atomic E-state index is 12.7. The molecule has 9 N–H and O–H groups in total. The van der Waals surface area contributed by atoms with Gasteiger partial charge in [0.2, 0.25) is 20.7 Å². The van der Waals surface area contributed by atoms with E-state index in [0.717, 1.165) is 16.5 Å². The third-order valence-corrected chi connectivity index (χ3v) is 13.7. The fourth-order valence-corrected chi connectivity index (χ4v) is 9.71. The molecule has 5 rings (SSSR count). The largest absolute Gasteiger partial charge is 0.756 e. The minimum atomic E-state index is -6.13. The lowest BCUT2D eigenvalue weighted by Crippen LogP contribution is -2.64. The fourth-order valence-electron chi connectivity index (χ4n) is 5.14. The highest BCUT2D eigenvalue weighted by molar-refractivity contribution is 8.72. The number of nitrogens with two attached hydrogens (primary N) is 1. The molecule has 53 heavy (non-hydrogen) atoms. The van der Waals surface area contributed by atoms with Crippen molar-refractivity contribution in [2.24, 2.45) is 0 Å². The van der Waals surface area contributed by atoms with E-state index in [1.165, 1.54) is 24.3 Å². The number of imidazole rings is 1. The van der Waals surface area contributed by atoms with E-state index in [1.807, 2.05) is 0 Å². The number of nitrogens with one attached hydrogen (secondary N) is 2. The van der Waals surface area contributed by atoms with Crippen LogP contribution in [0.1, 0.15) is 11.8 Å². The molecule has 2 aliphatic heterocycles. The number of nitrogens with zero attached hydrogens (tertiary/aromatic N) is 3. The molecule has 2 aliphatic rings. The number of hydrogen-bond acceptors (Lipinski definition) is 22. The fraction of sp³-hybridized carbons (Fsp3) is 0.520. The lowest BCUT2D eigenvalue weighted by molar-refractivity contribution is -0.285. The Morgan fingerprint density at radius 2 is 1.74 bits per heavy atom. The molecule has 1 amide bonds. The third-order valence-electron chi connectivity index (χ3n) is 7.76. The third kappa shape index (κ3) is 9.50. The first-order valence-corrected chi connectivity index (χ1v) is 20.9. The normalized spacial score (nSPS) is 30.2. The molecule has 294 valence electrons. The van der Waals surface area contributed by atoms with Gasteiger partial charge in [-0.15, -0.1) is 0 Å². The molecular formula is C25H32N6O18P2S2-2. The predicted molar refractivity (Wildman–Crippen MR) is 172 cm³/mol. The Bertz CT molecular complexity index is 2070. The second-order valence-corrected chi connectivity index (χ2v) is 18.4. The maximum atomic E-state index is 12.7. The highest BCUT2D eigenvalue weighted by atomic mass is 33.1. The molecule has 0 aliphatic carbocycles. The van der Waals surface area contributed by atoms with E-state index in [-0.39, 0.29) is 32.8 Å². The van der Waals surface area contributed by atoms with Gasteiger partial charge in [0.1, 0.15) is 42.7 Å². The van der Waals surface area contributed by atoms with E-state index in [9.17, 15) is 62.5 Å². The summed E-state index contributed by atoms with van der Waals surface area (Å²) >= 11 is 0. The number of aromatic nitrogens is 4. The summed E-state index contributed by atoms with van der Waals surface area (Å²) < 4.78 is 75.4. The molecule has 11 atom stereocenters. The molecule has 0 radical (unpaired) electrons. The zero-order chi connectivity index (χ0) is 39.0. The van der Waals surface area contributed by atoms with Crippen LogP contribution in [0.15, 0.2) is 40.3 Å². The van der Waals surface area contributed by atoms with Crippen molar-refractivity contribution in [3.05, 3.63) is 46.5 Å². The smallest absolute Gasteiger partial charge is 0.280 e. The number of hydrogen-bond donors (Lipinski definition) is 8. The van der Waals surface area contributed by atoms with Crippen LogP contribution in [0.4, 0.5) is 5.95 Å². The highest BCUT2D eigenvalue weighted by Crippen LogP contribution is 2.57. The molecule has 11 unspecified atom stereocenters. The number of aryl methyl sites for hydroxylation is 1. The van der Waals surface area contributed by atoms with Crippen LogP contribution in [-0.4, -0.2) is 127 Å². The number of rotatable bonds is 14. The van der Waals surface area contributed by atoms with Crippen LogP contribution in [0.5, 0.6) is 0 Å². The number of carbonyl (C=O) groups excluding carboxylic acids is 1. The topological polar surface area (TPSA) is 380 Å². The number of aliphatic hydroxyl groups excluding tert-OH is 5. The van der Waals surface area contributed by atoms with Crippen LogP contribution in [0.3, 0.4) is 0 Å². The number of aromatic amines is 1. The van der Waals surface area contributed by atoms with Crippen molar-refractivity contribution < 1.29 is 80.5 Å². The Labute approximate surface area is 301 Å². The van der Waals surface area contributed by atoms with Crippen LogP contribution in [-0.2, 0) is 45.6 Å². The summed E-state index contributed by atoms with van der Waals surface area (Å²) in [5.41, 5.74) is 5.20. The first-order valence-electron chi connectivity index (χ1n) is 15.0. The van der Waals surface area contributed by atoms with Gasteiger partial charge < -0.3 is 60.4 Å². The number of phosphoric acid groups is 2. The molecule has 1 aromatic carbocycles. The minimum absolute atomic E-state index is 0.129. The number of phosphoric ester groups is 2. The van der Waals surface area contributed by atoms with E-state index in [0.29, 0.717) is 0 Å². The quantitative estimate of drug-likeness (QED) is 0.0562. The average molecular weight is 831 g/mol. The summed E-state index contributed by atoms with van der Waals surface area (Å²) in [6.07, 6.45) is -14.0. The van der Waals surface area contributed by atoms with E-state index in [4.69, 9.17) is 15.2 Å². The molecule has 2 fully saturated rings. The number of anilines is 1. The maximum Gasteiger partial charge on any atom is 0.280 e. The van der Waals surface area contributed by atoms with Gasteiger partial charge >= 0.3 is 0 Å². The van der Waals surface area contributed by atoms with Crippen molar-refractivity contribution in [3.8, 4) is 0 Å². The summed E-state index contributed by atoms with van der Waals surface area (Å²) in [6, 6.07) is 3.64. The van der Waals surface area contributed by atoms with Gasteiger partial charge in [0.05, 0.1) is 30.2 Å². The van der Waals surface area contributed by atoms with Crippen molar-refractivity contribution in [1.29, 1.82) is 0 Å². The van der Waals surface area contributed by atoms with Crippen molar-refractivity contribution in [2.75, 3.05) is 24.7 Å². The van der Waals surface area contributed by atoms with Crippen molar-refractivity contribution in [1.82, 2.24) is 24.8 Å². The molecule has 28 heteroatoms. The Hall–Kier alpha value is -2.88. The van der Waals surface area contributed by atoms with E-state index in [2.05, 4.69) is 33.6 Å². The van der Waals surface area contributed by atoms with Gasteiger partial charge in [-0.25, -0.2) is 17.7 Å². The molecule has 2 aromatic heterocycles. The number of carbonyl (C=O) groups is 1. The van der Waals surface area contributed by atoms with Crippen LogP contribution in [0.2, 0.25) is 0 Å². The summed E-state index contributed by atoms with van der Waals surface area (Å²) in [4.78, 5) is 59.9. The second-order valence-electron chi connectivity index (χ2n) is 11.5. The van der Waals surface area contributed by atoms with Gasteiger partial charge in [-0.1, -0.05) is 17.7 Å². The molecule has 2 saturated heterocycles. The standard InChI is InChI=1S/C25H34N6O18P2S2/c1-10-2-4-11(5-3-10)53(43,44)52-8-14(33)28-15-19(36)17(34)12(6-32)47-24(15)48-51(41,42)49-50(39,40)45-7-13-18(35)20(37)23(46-13)31-9-27-16-21(31)29-25(26)30-22(16)38/h2-5,9,12-13,15,17-20,23-24,32,34-37H,6-8H2,1H3,(H,28,33)(H,39,40)(H,41,42)(H3,26,29,30,38)/p-2. The number of H-pyrrole nitrogens is 1. The van der Waals surface area contributed by atoms with Crippen LogP contribution in [0.25, 0.3) is 11.2 Å². The van der Waals surface area contributed by atoms with Gasteiger partial charge in [-0.3, -0.25) is 32.8 Å². The summed E-state index contributed by atoms with van der Waals surface area (Å²) in [5.74, 6) is -2.27. The van der Waals surface area contributed by atoms with Crippen molar-refractivity contribution in [3.63, 3.8) is 0 Å². The average Bonchev–Trinajstić information content (AvgIpc) is 3.62. The predicted octanol–water partition coefficient (Wildman–Crippen LogP) is -4.34. The zero-order valence-electron chi connectivity index (χ0n) is 26.9. The number of amides is 1. The van der Waals surface area contributed by atoms with Crippen molar-refractivity contribution >= 4 is 58.3 Å². The Kier molecular flexibility index (Phi) is 12.5. The number of benzene rings is 1. The lowest BCUT2D eigenvalue weighted by Gasteiger charge is -2.44. The van der Waals surface area contributed by atoms with E-state index < -0.39 is 110 Å². The Morgan fingerprint density at radius 1 is 1.08 bits per heavy atom. The van der Waals surface area contributed by atoms with Crippen LogP contribution >= 0.6 is 26.4 Å². The minimum Gasteiger partial charge on any atom is -0.756 e. The summed E-state index contributed by atoms with van der Waals surface area (Å²) in [6.45, 7) is -0.457. The number of nitrogen functional groups attached to an aromatic ring is 1. The SMILES string of the molecule is Cc1ccc(S(=O)(=O)SCC(=O)NC2C(OP(=O)([O-])OP(=O)([O-])OCC3OC(n4cnc5c(=O)[nH]c(N)nc54)C(O)C3O)OC(CO)C(O)C2O)cc1. The lowest BCUT2D eigenvalue weighted by atomic mass is 9.97. The first kappa shape index (κ1) is 41.3. The number of ether oxygens (including phenoxy) is 2. The summed E-state index contributed by atoms with van der Waals surface area (Å²) in [7, 11) is -16.0.